The zero-order valence-electron chi connectivity index (χ0n) is 10.9. The van der Waals surface area contributed by atoms with Gasteiger partial charge in [-0.2, -0.15) is 0 Å². The summed E-state index contributed by atoms with van der Waals surface area (Å²) in [6.45, 7) is 2.20. The molecule has 0 aliphatic heterocycles. The normalized spacial score (nSPS) is 12.7. The molecule has 0 saturated carbocycles. The van der Waals surface area contributed by atoms with Gasteiger partial charge in [-0.15, -0.1) is 0 Å². The maximum Gasteiger partial charge on any atom is 0.129 e. The Morgan fingerprint density at radius 2 is 1.83 bits per heavy atom. The van der Waals surface area contributed by atoms with Crippen molar-refractivity contribution in [1.29, 1.82) is 0 Å². The van der Waals surface area contributed by atoms with Crippen LogP contribution in [0.25, 0.3) is 0 Å². The van der Waals surface area contributed by atoms with E-state index < -0.39 is 11.6 Å². The van der Waals surface area contributed by atoms with Crippen molar-refractivity contribution in [1.82, 2.24) is 0 Å². The lowest BCUT2D eigenvalue weighted by molar-refractivity contribution is 0.562. The highest BCUT2D eigenvalue weighted by atomic mass is 79.9. The smallest absolute Gasteiger partial charge is 0.129 e. The van der Waals surface area contributed by atoms with Gasteiger partial charge in [0.1, 0.15) is 11.6 Å². The lowest BCUT2D eigenvalue weighted by atomic mass is 10.0. The summed E-state index contributed by atoms with van der Waals surface area (Å²) < 4.78 is 26.2. The third-order valence-corrected chi connectivity index (χ3v) is 3.86. The Morgan fingerprint density at radius 3 is 2.50 bits per heavy atom. The Hall–Kier alpha value is -0.440. The van der Waals surface area contributed by atoms with E-state index in [2.05, 4.69) is 22.9 Å². The van der Waals surface area contributed by atoms with E-state index in [4.69, 9.17) is 0 Å². The summed E-state index contributed by atoms with van der Waals surface area (Å²) in [5.74, 6) is -0.952. The summed E-state index contributed by atoms with van der Waals surface area (Å²) in [4.78, 5) is 0.277. The van der Waals surface area contributed by atoms with Gasteiger partial charge in [-0.05, 0) is 24.5 Å². The minimum Gasteiger partial charge on any atom is -0.207 e. The van der Waals surface area contributed by atoms with Gasteiger partial charge in [0, 0.05) is 10.9 Å². The molecular weight excluding hydrogens is 298 g/mol. The second-order valence-corrected chi connectivity index (χ2v) is 6.03. The van der Waals surface area contributed by atoms with E-state index in [1.165, 1.54) is 44.2 Å². The fourth-order valence-corrected chi connectivity index (χ4v) is 2.67. The van der Waals surface area contributed by atoms with Crippen LogP contribution in [0.15, 0.2) is 18.2 Å². The van der Waals surface area contributed by atoms with Crippen LogP contribution >= 0.6 is 15.9 Å². The molecule has 18 heavy (non-hydrogen) atoms. The zero-order chi connectivity index (χ0) is 13.4. The molecule has 0 saturated heterocycles. The van der Waals surface area contributed by atoms with Gasteiger partial charge >= 0.3 is 0 Å². The summed E-state index contributed by atoms with van der Waals surface area (Å²) in [6, 6.07) is 3.81. The van der Waals surface area contributed by atoms with Gasteiger partial charge in [0.2, 0.25) is 0 Å². The molecule has 1 aromatic carbocycles. The quantitative estimate of drug-likeness (QED) is 0.430. The van der Waals surface area contributed by atoms with Crippen LogP contribution < -0.4 is 0 Å². The van der Waals surface area contributed by atoms with Crippen LogP contribution in [-0.2, 0) is 6.42 Å². The third-order valence-electron chi connectivity index (χ3n) is 3.08. The summed E-state index contributed by atoms with van der Waals surface area (Å²) in [5, 5.41) is 0. The Labute approximate surface area is 117 Å². The highest BCUT2D eigenvalue weighted by Crippen LogP contribution is 2.19. The molecule has 0 N–H and O–H groups in total. The Morgan fingerprint density at radius 1 is 1.11 bits per heavy atom. The van der Waals surface area contributed by atoms with E-state index in [0.29, 0.717) is 12.0 Å². The Kier molecular flexibility index (Phi) is 7.48. The fourth-order valence-electron chi connectivity index (χ4n) is 2.00. The van der Waals surface area contributed by atoms with Crippen molar-refractivity contribution in [3.63, 3.8) is 0 Å². The first-order valence-corrected chi connectivity index (χ1v) is 7.63. The molecule has 1 unspecified atom stereocenters. The Balaban J connectivity index is 2.28. The van der Waals surface area contributed by atoms with Gasteiger partial charge in [0.05, 0.1) is 0 Å². The number of rotatable bonds is 8. The molecule has 3 heteroatoms. The molecule has 1 rings (SSSR count). The van der Waals surface area contributed by atoms with E-state index in [1.54, 1.807) is 0 Å². The first-order valence-electron chi connectivity index (χ1n) is 6.71. The number of hydrogen-bond acceptors (Lipinski definition) is 0. The minimum atomic E-state index is -0.512. The zero-order valence-corrected chi connectivity index (χ0v) is 12.5. The van der Waals surface area contributed by atoms with Crippen LogP contribution in [0.5, 0.6) is 0 Å². The topological polar surface area (TPSA) is 0 Å². The van der Waals surface area contributed by atoms with Gasteiger partial charge in [0.15, 0.2) is 0 Å². The van der Waals surface area contributed by atoms with Crippen molar-refractivity contribution in [2.75, 3.05) is 0 Å². The number of unbranched alkanes of at least 4 members (excludes halogenated alkanes) is 4. The summed E-state index contributed by atoms with van der Waals surface area (Å²) >= 11 is 3.58. The van der Waals surface area contributed by atoms with Crippen molar-refractivity contribution in [2.45, 2.75) is 56.7 Å². The molecule has 0 heterocycles. The maximum absolute atomic E-state index is 13.4. The van der Waals surface area contributed by atoms with Crippen LogP contribution in [-0.4, -0.2) is 4.83 Å². The molecule has 1 atom stereocenters. The maximum atomic E-state index is 13.4. The molecule has 0 spiro atoms. The molecule has 0 bridgehead atoms. The number of hydrogen-bond donors (Lipinski definition) is 0. The van der Waals surface area contributed by atoms with E-state index in [1.807, 2.05) is 0 Å². The lowest BCUT2D eigenvalue weighted by Crippen LogP contribution is -2.05. The predicted octanol–water partition coefficient (Wildman–Crippen LogP) is 5.63. The van der Waals surface area contributed by atoms with E-state index in [-0.39, 0.29) is 4.83 Å². The molecule has 0 amide bonds. The number of halogens is 3. The first kappa shape index (κ1) is 15.6. The standard InChI is InChI=1S/C15H21BrF2/c1-2-3-4-5-6-7-13(16)10-12-8-9-14(17)11-15(12)18/h8-9,11,13H,2-7,10H2,1H3. The van der Waals surface area contributed by atoms with Crippen molar-refractivity contribution >= 4 is 15.9 Å². The van der Waals surface area contributed by atoms with Crippen molar-refractivity contribution in [3.8, 4) is 0 Å². The van der Waals surface area contributed by atoms with Gasteiger partial charge in [0.25, 0.3) is 0 Å². The van der Waals surface area contributed by atoms with Crippen LogP contribution in [0.4, 0.5) is 8.78 Å². The largest absolute Gasteiger partial charge is 0.207 e. The first-order chi connectivity index (χ1) is 8.63. The summed E-state index contributed by atoms with van der Waals surface area (Å²) in [5.41, 5.74) is 0.590. The summed E-state index contributed by atoms with van der Waals surface area (Å²) in [7, 11) is 0. The fraction of sp³-hybridized carbons (Fsp3) is 0.600. The third kappa shape index (κ3) is 5.94. The van der Waals surface area contributed by atoms with Crippen LogP contribution in [0.2, 0.25) is 0 Å². The average molecular weight is 319 g/mol. The number of alkyl halides is 1. The van der Waals surface area contributed by atoms with E-state index in [0.717, 1.165) is 12.5 Å². The predicted molar refractivity (Wildman–Crippen MR) is 76.2 cm³/mol. The molecule has 0 radical (unpaired) electrons. The van der Waals surface area contributed by atoms with Crippen LogP contribution in [0.1, 0.15) is 51.0 Å². The molecule has 0 aliphatic rings. The molecule has 102 valence electrons. The SMILES string of the molecule is CCCCCCCC(Br)Cc1ccc(F)cc1F. The highest BCUT2D eigenvalue weighted by Gasteiger charge is 2.10. The van der Waals surface area contributed by atoms with Gasteiger partial charge in [-0.3, -0.25) is 0 Å². The highest BCUT2D eigenvalue weighted by molar-refractivity contribution is 9.09. The number of benzene rings is 1. The lowest BCUT2D eigenvalue weighted by Gasteiger charge is -2.10. The second kappa shape index (κ2) is 8.63. The van der Waals surface area contributed by atoms with Gasteiger partial charge in [-0.25, -0.2) is 8.78 Å². The molecule has 0 aromatic heterocycles. The second-order valence-electron chi connectivity index (χ2n) is 4.74. The van der Waals surface area contributed by atoms with E-state index >= 15 is 0 Å². The van der Waals surface area contributed by atoms with Crippen LogP contribution in [0.3, 0.4) is 0 Å². The van der Waals surface area contributed by atoms with Crippen molar-refractivity contribution < 1.29 is 8.78 Å². The van der Waals surface area contributed by atoms with Crippen LogP contribution in [0, 0.1) is 11.6 Å². The molecular formula is C15H21BrF2. The summed E-state index contributed by atoms with van der Waals surface area (Å²) in [6.07, 6.45) is 7.89. The molecule has 0 aliphatic carbocycles. The van der Waals surface area contributed by atoms with E-state index in [9.17, 15) is 8.78 Å². The van der Waals surface area contributed by atoms with Crippen molar-refractivity contribution in [3.05, 3.63) is 35.4 Å². The molecule has 1 aromatic rings. The van der Waals surface area contributed by atoms with Crippen molar-refractivity contribution in [2.24, 2.45) is 0 Å². The Bertz CT molecular complexity index is 352. The average Bonchev–Trinajstić information content (AvgIpc) is 2.32. The molecule has 0 nitrogen and oxygen atoms in total. The van der Waals surface area contributed by atoms with Gasteiger partial charge in [-0.1, -0.05) is 61.0 Å². The monoisotopic (exact) mass is 318 g/mol. The minimum absolute atomic E-state index is 0.277. The van der Waals surface area contributed by atoms with Gasteiger partial charge < -0.3 is 0 Å². The molecule has 0 fully saturated rings.